The fraction of sp³-hybridized carbons (Fsp3) is 0.526. The molecule has 0 bridgehead atoms. The summed E-state index contributed by atoms with van der Waals surface area (Å²) >= 11 is 7.37. The number of hydrogen-bond donors (Lipinski definition) is 0. The van der Waals surface area contributed by atoms with E-state index in [0.29, 0.717) is 18.0 Å². The van der Waals surface area contributed by atoms with Gasteiger partial charge >= 0.3 is 0 Å². The van der Waals surface area contributed by atoms with Crippen LogP contribution in [-0.2, 0) is 14.6 Å². The van der Waals surface area contributed by atoms with Gasteiger partial charge in [-0.3, -0.25) is 9.69 Å². The summed E-state index contributed by atoms with van der Waals surface area (Å²) in [5.74, 6) is 0.534. The number of benzene rings is 1. The molecule has 2 aliphatic rings. The molecule has 10 heteroatoms. The number of halogens is 1. The van der Waals surface area contributed by atoms with E-state index >= 15 is 0 Å². The highest BCUT2D eigenvalue weighted by Crippen LogP contribution is 2.39. The molecule has 1 aromatic carbocycles. The molecule has 7 nitrogen and oxygen atoms in total. The summed E-state index contributed by atoms with van der Waals surface area (Å²) < 4.78 is 27.5. The first-order valence-electron chi connectivity index (χ1n) is 9.53. The topological polar surface area (TPSA) is 83.5 Å². The molecule has 0 N–H and O–H groups in total. The number of likely N-dealkylation sites (N-methyl/N-ethyl adjacent to an activating group) is 1. The summed E-state index contributed by atoms with van der Waals surface area (Å²) in [6, 6.07) is 7.60. The van der Waals surface area contributed by atoms with E-state index in [1.54, 1.807) is 11.9 Å². The molecule has 0 unspecified atom stereocenters. The summed E-state index contributed by atoms with van der Waals surface area (Å²) in [6.45, 7) is 1.71. The van der Waals surface area contributed by atoms with E-state index in [9.17, 15) is 13.2 Å². The summed E-state index contributed by atoms with van der Waals surface area (Å²) in [4.78, 5) is 16.6. The molecule has 29 heavy (non-hydrogen) atoms. The third-order valence-electron chi connectivity index (χ3n) is 5.96. The number of amides is 1. The highest BCUT2D eigenvalue weighted by molar-refractivity contribution is 7.91. The largest absolute Gasteiger partial charge is 0.341 e. The number of sulfone groups is 1. The smallest absolute Gasteiger partial charge is 0.236 e. The lowest BCUT2D eigenvalue weighted by atomic mass is 9.87. The summed E-state index contributed by atoms with van der Waals surface area (Å²) in [6.07, 6.45) is 0.519. The van der Waals surface area contributed by atoms with Gasteiger partial charge in [-0.15, -0.1) is 5.10 Å². The summed E-state index contributed by atoms with van der Waals surface area (Å²) in [5.41, 5.74) is 2.11. The van der Waals surface area contributed by atoms with Crippen LogP contribution in [0.3, 0.4) is 0 Å². The first-order valence-corrected chi connectivity index (χ1v) is 12.6. The maximum absolute atomic E-state index is 12.8. The predicted molar refractivity (Wildman–Crippen MR) is 113 cm³/mol. The molecule has 0 saturated carbocycles. The van der Waals surface area contributed by atoms with E-state index in [4.69, 9.17) is 11.6 Å². The number of nitrogens with zero attached hydrogens (tertiary/aromatic N) is 4. The number of rotatable bonds is 5. The summed E-state index contributed by atoms with van der Waals surface area (Å²) in [7, 11) is -1.31. The minimum atomic E-state index is -3.02. The van der Waals surface area contributed by atoms with Gasteiger partial charge in [-0.25, -0.2) is 8.42 Å². The Balaban J connectivity index is 1.47. The molecule has 2 fully saturated rings. The SMILES string of the molecule is CN(C(=O)CN1C[C@H](c2ccc(Cl)cc2)[C@@H](c2csnn2)C1)[C@H]1CCS(=O)(=O)C1. The number of hydrogen-bond acceptors (Lipinski definition) is 7. The molecule has 156 valence electrons. The van der Waals surface area contributed by atoms with Crippen molar-refractivity contribution in [2.24, 2.45) is 0 Å². The maximum Gasteiger partial charge on any atom is 0.236 e. The first kappa shape index (κ1) is 20.7. The normalized spacial score (nSPS) is 26.6. The average Bonchev–Trinajstić information content (AvgIpc) is 3.41. The van der Waals surface area contributed by atoms with Gasteiger partial charge in [-0.2, -0.15) is 0 Å². The van der Waals surface area contributed by atoms with Crippen LogP contribution in [0.15, 0.2) is 29.6 Å². The Morgan fingerprint density at radius 1 is 1.28 bits per heavy atom. The molecule has 3 heterocycles. The second-order valence-corrected chi connectivity index (χ2v) is 11.1. The molecule has 0 radical (unpaired) electrons. The number of likely N-dealkylation sites (tertiary alicyclic amines) is 1. The Hall–Kier alpha value is -1.55. The van der Waals surface area contributed by atoms with Crippen molar-refractivity contribution in [3.05, 3.63) is 45.9 Å². The Bertz CT molecular complexity index is 966. The number of carbonyl (C=O) groups is 1. The van der Waals surface area contributed by atoms with Crippen molar-refractivity contribution in [2.45, 2.75) is 24.3 Å². The molecule has 2 saturated heterocycles. The van der Waals surface area contributed by atoms with Gasteiger partial charge in [0.2, 0.25) is 5.91 Å². The van der Waals surface area contributed by atoms with Gasteiger partial charge in [0.25, 0.3) is 0 Å². The quantitative estimate of drug-likeness (QED) is 0.687. The van der Waals surface area contributed by atoms with E-state index in [2.05, 4.69) is 14.5 Å². The van der Waals surface area contributed by atoms with Crippen LogP contribution in [0.1, 0.15) is 29.5 Å². The lowest BCUT2D eigenvalue weighted by molar-refractivity contribution is -0.132. The lowest BCUT2D eigenvalue weighted by Gasteiger charge is -2.26. The molecular weight excluding hydrogens is 432 g/mol. The summed E-state index contributed by atoms with van der Waals surface area (Å²) in [5, 5.41) is 6.93. The van der Waals surface area contributed by atoms with Crippen molar-refractivity contribution in [1.82, 2.24) is 19.4 Å². The highest BCUT2D eigenvalue weighted by atomic mass is 35.5. The highest BCUT2D eigenvalue weighted by Gasteiger charge is 2.38. The van der Waals surface area contributed by atoms with Crippen molar-refractivity contribution in [2.75, 3.05) is 38.2 Å². The molecule has 2 aliphatic heterocycles. The van der Waals surface area contributed by atoms with Crippen LogP contribution in [0.25, 0.3) is 0 Å². The van der Waals surface area contributed by atoms with E-state index in [0.717, 1.165) is 17.8 Å². The van der Waals surface area contributed by atoms with Crippen LogP contribution in [0.5, 0.6) is 0 Å². The van der Waals surface area contributed by atoms with Crippen molar-refractivity contribution in [3.8, 4) is 0 Å². The Morgan fingerprint density at radius 3 is 2.62 bits per heavy atom. The van der Waals surface area contributed by atoms with Crippen molar-refractivity contribution in [1.29, 1.82) is 0 Å². The molecule has 0 aliphatic carbocycles. The second kappa shape index (κ2) is 8.29. The standard InChI is InChI=1S/C19H23ClN4O3S2/c1-23(15-6-7-29(26,27)12-15)19(25)10-24-8-16(13-2-4-14(20)5-3-13)17(9-24)18-11-28-22-21-18/h2-5,11,15-17H,6-10,12H2,1H3/t15-,16+,17-/m0/s1. The average molecular weight is 455 g/mol. The Kier molecular flexibility index (Phi) is 5.92. The molecule has 3 atom stereocenters. The number of aromatic nitrogens is 2. The van der Waals surface area contributed by atoms with Crippen LogP contribution in [0, 0.1) is 0 Å². The van der Waals surface area contributed by atoms with E-state index in [1.807, 2.05) is 29.6 Å². The van der Waals surface area contributed by atoms with Crippen LogP contribution in [0.2, 0.25) is 5.02 Å². The predicted octanol–water partition coefficient (Wildman–Crippen LogP) is 2.02. The molecule has 1 aromatic heterocycles. The van der Waals surface area contributed by atoms with E-state index in [-0.39, 0.29) is 41.8 Å². The van der Waals surface area contributed by atoms with Crippen molar-refractivity contribution < 1.29 is 13.2 Å². The van der Waals surface area contributed by atoms with Crippen molar-refractivity contribution >= 4 is 38.9 Å². The molecule has 0 spiro atoms. The van der Waals surface area contributed by atoms with Crippen LogP contribution < -0.4 is 0 Å². The second-order valence-electron chi connectivity index (χ2n) is 7.85. The first-order chi connectivity index (χ1) is 13.8. The molecule has 4 rings (SSSR count). The van der Waals surface area contributed by atoms with Crippen LogP contribution >= 0.6 is 23.1 Å². The minimum absolute atomic E-state index is 0.0426. The Morgan fingerprint density at radius 2 is 2.00 bits per heavy atom. The molecular formula is C19H23ClN4O3S2. The monoisotopic (exact) mass is 454 g/mol. The lowest BCUT2D eigenvalue weighted by Crippen LogP contribution is -2.43. The van der Waals surface area contributed by atoms with Gasteiger partial charge in [0, 0.05) is 48.4 Å². The van der Waals surface area contributed by atoms with Gasteiger partial charge in [-0.05, 0) is 35.6 Å². The van der Waals surface area contributed by atoms with Crippen LogP contribution in [0.4, 0.5) is 0 Å². The van der Waals surface area contributed by atoms with E-state index in [1.165, 1.54) is 11.5 Å². The zero-order valence-corrected chi connectivity index (χ0v) is 18.5. The fourth-order valence-corrected chi connectivity index (χ4v) is 6.70. The van der Waals surface area contributed by atoms with E-state index < -0.39 is 9.84 Å². The third kappa shape index (κ3) is 4.63. The van der Waals surface area contributed by atoms with Gasteiger partial charge in [0.15, 0.2) is 9.84 Å². The maximum atomic E-state index is 12.8. The number of carbonyl (C=O) groups excluding carboxylic acids is 1. The van der Waals surface area contributed by atoms with Crippen LogP contribution in [-0.4, -0.2) is 77.9 Å². The minimum Gasteiger partial charge on any atom is -0.341 e. The Labute approximate surface area is 179 Å². The van der Waals surface area contributed by atoms with Gasteiger partial charge in [0.1, 0.15) is 0 Å². The van der Waals surface area contributed by atoms with Gasteiger partial charge in [-0.1, -0.05) is 28.2 Å². The molecule has 2 aromatic rings. The zero-order chi connectivity index (χ0) is 20.6. The van der Waals surface area contributed by atoms with Crippen molar-refractivity contribution in [3.63, 3.8) is 0 Å². The third-order valence-corrected chi connectivity index (χ3v) is 8.48. The van der Waals surface area contributed by atoms with Gasteiger partial charge < -0.3 is 4.90 Å². The zero-order valence-electron chi connectivity index (χ0n) is 16.1. The molecule has 1 amide bonds. The van der Waals surface area contributed by atoms with Gasteiger partial charge in [0.05, 0.1) is 23.7 Å². The fourth-order valence-electron chi connectivity index (χ4n) is 4.28.